The molecule has 2 aromatic rings. The minimum absolute atomic E-state index is 0.155. The van der Waals surface area contributed by atoms with Crippen LogP contribution in [0.4, 0.5) is 13.2 Å². The molecule has 0 saturated carbocycles. The van der Waals surface area contributed by atoms with Crippen molar-refractivity contribution in [1.29, 1.82) is 0 Å². The van der Waals surface area contributed by atoms with Crippen LogP contribution in [0.2, 0.25) is 0 Å². The monoisotopic (exact) mass is 285 g/mol. The smallest absolute Gasteiger partial charge is 0.456 e. The standard InChI is InChI=1S/C12H10F3N3O2/c1-20-10-5-3-2-4-8(10)6-18-7-9(16-17-18)11(19)12(13,14)15/h2-5,7H,6H2,1H3. The van der Waals surface area contributed by atoms with Gasteiger partial charge in [0.1, 0.15) is 5.75 Å². The molecule has 0 saturated heterocycles. The molecule has 0 amide bonds. The van der Waals surface area contributed by atoms with Gasteiger partial charge in [0.15, 0.2) is 5.69 Å². The second-order valence-corrected chi connectivity index (χ2v) is 3.94. The number of nitrogens with zero attached hydrogens (tertiary/aromatic N) is 3. The van der Waals surface area contributed by atoms with Crippen LogP contribution in [0, 0.1) is 0 Å². The number of carbonyl (C=O) groups excluding carboxylic acids is 1. The zero-order valence-corrected chi connectivity index (χ0v) is 10.4. The maximum absolute atomic E-state index is 12.2. The summed E-state index contributed by atoms with van der Waals surface area (Å²) < 4.78 is 43.0. The minimum atomic E-state index is -4.95. The first-order valence-electron chi connectivity index (χ1n) is 5.55. The van der Waals surface area contributed by atoms with Gasteiger partial charge < -0.3 is 4.74 Å². The topological polar surface area (TPSA) is 57.0 Å². The molecule has 106 valence electrons. The Kier molecular flexibility index (Phi) is 3.73. The maximum atomic E-state index is 12.2. The molecule has 0 aliphatic carbocycles. The Labute approximate surface area is 112 Å². The van der Waals surface area contributed by atoms with Gasteiger partial charge in [0.2, 0.25) is 0 Å². The summed E-state index contributed by atoms with van der Waals surface area (Å²) in [6.07, 6.45) is -3.99. The number of para-hydroxylation sites is 1. The van der Waals surface area contributed by atoms with Crippen molar-refractivity contribution >= 4 is 5.78 Å². The second-order valence-electron chi connectivity index (χ2n) is 3.94. The first-order valence-corrected chi connectivity index (χ1v) is 5.55. The molecule has 1 aromatic heterocycles. The van der Waals surface area contributed by atoms with Crippen molar-refractivity contribution in [3.63, 3.8) is 0 Å². The summed E-state index contributed by atoms with van der Waals surface area (Å²) in [5.74, 6) is -1.43. The summed E-state index contributed by atoms with van der Waals surface area (Å²) in [4.78, 5) is 11.0. The number of carbonyl (C=O) groups is 1. The van der Waals surface area contributed by atoms with Crippen molar-refractivity contribution in [3.05, 3.63) is 41.7 Å². The molecule has 0 radical (unpaired) electrons. The highest BCUT2D eigenvalue weighted by molar-refractivity contribution is 5.98. The number of benzene rings is 1. The van der Waals surface area contributed by atoms with Crippen LogP contribution in [-0.4, -0.2) is 34.1 Å². The molecule has 0 aliphatic heterocycles. The molecule has 8 heteroatoms. The van der Waals surface area contributed by atoms with Crippen LogP contribution in [0.3, 0.4) is 0 Å². The Balaban J connectivity index is 2.20. The number of hydrogen-bond acceptors (Lipinski definition) is 4. The number of alkyl halides is 3. The summed E-state index contributed by atoms with van der Waals surface area (Å²) >= 11 is 0. The van der Waals surface area contributed by atoms with Gasteiger partial charge in [0, 0.05) is 5.56 Å². The fourth-order valence-electron chi connectivity index (χ4n) is 1.63. The highest BCUT2D eigenvalue weighted by atomic mass is 19.4. The zero-order valence-electron chi connectivity index (χ0n) is 10.4. The normalized spacial score (nSPS) is 11.4. The van der Waals surface area contributed by atoms with Gasteiger partial charge in [-0.3, -0.25) is 4.79 Å². The number of halogens is 3. The van der Waals surface area contributed by atoms with Crippen LogP contribution in [0.15, 0.2) is 30.5 Å². The van der Waals surface area contributed by atoms with E-state index < -0.39 is 17.7 Å². The van der Waals surface area contributed by atoms with Crippen LogP contribution < -0.4 is 4.74 Å². The summed E-state index contributed by atoms with van der Waals surface area (Å²) in [5.41, 5.74) is -0.0155. The third-order valence-corrected chi connectivity index (χ3v) is 2.55. The summed E-state index contributed by atoms with van der Waals surface area (Å²) in [6, 6.07) is 6.98. The lowest BCUT2D eigenvalue weighted by Crippen LogP contribution is -2.23. The fourth-order valence-corrected chi connectivity index (χ4v) is 1.63. The zero-order chi connectivity index (χ0) is 14.8. The number of hydrogen-bond donors (Lipinski definition) is 0. The molecular weight excluding hydrogens is 275 g/mol. The molecule has 0 spiro atoms. The van der Waals surface area contributed by atoms with E-state index in [1.807, 2.05) is 0 Å². The van der Waals surface area contributed by atoms with Gasteiger partial charge in [-0.25, -0.2) is 4.68 Å². The summed E-state index contributed by atoms with van der Waals surface area (Å²) in [5, 5.41) is 6.75. The first kappa shape index (κ1) is 14.0. The van der Waals surface area contributed by atoms with Gasteiger partial charge in [-0.2, -0.15) is 13.2 Å². The Hall–Kier alpha value is -2.38. The van der Waals surface area contributed by atoms with Crippen LogP contribution in [0.5, 0.6) is 5.75 Å². The summed E-state index contributed by atoms with van der Waals surface area (Å²) in [7, 11) is 1.48. The van der Waals surface area contributed by atoms with Crippen molar-refractivity contribution in [2.24, 2.45) is 0 Å². The van der Waals surface area contributed by atoms with Crippen LogP contribution >= 0.6 is 0 Å². The molecule has 2 rings (SSSR count). The van der Waals surface area contributed by atoms with Crippen LogP contribution in [-0.2, 0) is 6.54 Å². The number of ether oxygens (including phenoxy) is 1. The van der Waals surface area contributed by atoms with Crippen molar-refractivity contribution in [2.75, 3.05) is 7.11 Å². The van der Waals surface area contributed by atoms with E-state index >= 15 is 0 Å². The van der Waals surface area contributed by atoms with E-state index in [0.717, 1.165) is 10.9 Å². The number of aromatic nitrogens is 3. The highest BCUT2D eigenvalue weighted by Gasteiger charge is 2.41. The molecule has 0 unspecified atom stereocenters. The van der Waals surface area contributed by atoms with Crippen molar-refractivity contribution in [3.8, 4) is 5.75 Å². The Morgan fingerprint density at radius 2 is 2.05 bits per heavy atom. The second kappa shape index (κ2) is 5.32. The van der Waals surface area contributed by atoms with E-state index in [1.165, 1.54) is 7.11 Å². The van der Waals surface area contributed by atoms with Crippen molar-refractivity contribution in [1.82, 2.24) is 15.0 Å². The number of rotatable bonds is 4. The maximum Gasteiger partial charge on any atom is 0.456 e. The highest BCUT2D eigenvalue weighted by Crippen LogP contribution is 2.21. The van der Waals surface area contributed by atoms with Gasteiger partial charge in [-0.15, -0.1) is 5.10 Å². The molecule has 0 N–H and O–H groups in total. The average Bonchev–Trinajstić information content (AvgIpc) is 2.86. The molecule has 0 atom stereocenters. The first-order chi connectivity index (χ1) is 9.41. The van der Waals surface area contributed by atoms with E-state index in [4.69, 9.17) is 4.74 Å². The average molecular weight is 285 g/mol. The Bertz CT molecular complexity index is 622. The van der Waals surface area contributed by atoms with Crippen LogP contribution in [0.25, 0.3) is 0 Å². The van der Waals surface area contributed by atoms with Gasteiger partial charge in [0.25, 0.3) is 5.78 Å². The third-order valence-electron chi connectivity index (χ3n) is 2.55. The van der Waals surface area contributed by atoms with Gasteiger partial charge >= 0.3 is 6.18 Å². The molecule has 20 heavy (non-hydrogen) atoms. The van der Waals surface area contributed by atoms with E-state index in [0.29, 0.717) is 11.3 Å². The molecule has 0 fully saturated rings. The van der Waals surface area contributed by atoms with E-state index in [1.54, 1.807) is 24.3 Å². The summed E-state index contributed by atoms with van der Waals surface area (Å²) in [6.45, 7) is 0.155. The number of ketones is 1. The Morgan fingerprint density at radius 3 is 2.70 bits per heavy atom. The van der Waals surface area contributed by atoms with Gasteiger partial charge in [-0.1, -0.05) is 23.4 Å². The van der Waals surface area contributed by atoms with Crippen molar-refractivity contribution in [2.45, 2.75) is 12.7 Å². The van der Waals surface area contributed by atoms with E-state index in [-0.39, 0.29) is 6.54 Å². The predicted molar refractivity (Wildman–Crippen MR) is 62.5 cm³/mol. The quantitative estimate of drug-likeness (QED) is 0.807. The fraction of sp³-hybridized carbons (Fsp3) is 0.250. The molecular formula is C12H10F3N3O2. The number of Topliss-reactive ketones (excluding diaryl/α,β-unsaturated/α-hetero) is 1. The van der Waals surface area contributed by atoms with Crippen LogP contribution in [0.1, 0.15) is 16.1 Å². The number of methoxy groups -OCH3 is 1. The molecule has 0 bridgehead atoms. The molecule has 1 heterocycles. The van der Waals surface area contributed by atoms with E-state index in [9.17, 15) is 18.0 Å². The Morgan fingerprint density at radius 1 is 1.35 bits per heavy atom. The lowest BCUT2D eigenvalue weighted by Gasteiger charge is -2.07. The van der Waals surface area contributed by atoms with Gasteiger partial charge in [0.05, 0.1) is 19.9 Å². The van der Waals surface area contributed by atoms with Gasteiger partial charge in [-0.05, 0) is 6.07 Å². The predicted octanol–water partition coefficient (Wildman–Crippen LogP) is 2.08. The largest absolute Gasteiger partial charge is 0.496 e. The van der Waals surface area contributed by atoms with Crippen molar-refractivity contribution < 1.29 is 22.7 Å². The molecule has 1 aromatic carbocycles. The lowest BCUT2D eigenvalue weighted by atomic mass is 10.2. The third kappa shape index (κ3) is 2.95. The van der Waals surface area contributed by atoms with E-state index in [2.05, 4.69) is 10.3 Å². The SMILES string of the molecule is COc1ccccc1Cn1cc(C(=O)C(F)(F)F)nn1. The molecule has 5 nitrogen and oxygen atoms in total. The molecule has 0 aliphatic rings. The lowest BCUT2D eigenvalue weighted by molar-refractivity contribution is -0.0888. The minimum Gasteiger partial charge on any atom is -0.496 e.